The van der Waals surface area contributed by atoms with Crippen LogP contribution in [0.5, 0.6) is 0 Å². The van der Waals surface area contributed by atoms with Gasteiger partial charge in [0, 0.05) is 12.1 Å². The predicted octanol–water partition coefficient (Wildman–Crippen LogP) is 2.76. The minimum Gasteiger partial charge on any atom is -0.326 e. The summed E-state index contributed by atoms with van der Waals surface area (Å²) in [5.74, 6) is -0.642. The van der Waals surface area contributed by atoms with Crippen LogP contribution in [0.4, 0.5) is 10.5 Å². The molecule has 3 N–H and O–H groups in total. The third-order valence-corrected chi connectivity index (χ3v) is 4.60. The maximum atomic E-state index is 12.5. The first-order chi connectivity index (χ1) is 12.4. The summed E-state index contributed by atoms with van der Waals surface area (Å²) in [6, 6.07) is 14.3. The second kappa shape index (κ2) is 7.00. The Morgan fingerprint density at radius 2 is 1.81 bits per heavy atom. The van der Waals surface area contributed by atoms with E-state index in [0.717, 1.165) is 16.8 Å². The zero-order valence-electron chi connectivity index (χ0n) is 14.8. The summed E-state index contributed by atoms with van der Waals surface area (Å²) in [5, 5.41) is 7.86. The lowest BCUT2D eigenvalue weighted by Gasteiger charge is -2.26. The van der Waals surface area contributed by atoms with Crippen molar-refractivity contribution in [3.63, 3.8) is 0 Å². The van der Waals surface area contributed by atoms with Gasteiger partial charge in [0.2, 0.25) is 5.91 Å². The highest BCUT2D eigenvalue weighted by Crippen LogP contribution is 2.30. The van der Waals surface area contributed by atoms with Crippen molar-refractivity contribution in [2.24, 2.45) is 0 Å². The summed E-state index contributed by atoms with van der Waals surface area (Å²) in [6.07, 6.45) is 0.265. The molecule has 134 valence electrons. The minimum atomic E-state index is -1.22. The SMILES string of the molecule is Cc1ccc(C)c(NC(=O)CCC2(c3ccccc3)NC(=O)NC2=O)c1. The van der Waals surface area contributed by atoms with Gasteiger partial charge in [0.15, 0.2) is 0 Å². The number of carbonyl (C=O) groups is 3. The van der Waals surface area contributed by atoms with E-state index in [1.807, 2.05) is 38.1 Å². The summed E-state index contributed by atoms with van der Waals surface area (Å²) in [4.78, 5) is 36.6. The number of benzene rings is 2. The van der Waals surface area contributed by atoms with Crippen molar-refractivity contribution in [2.75, 3.05) is 5.32 Å². The molecule has 6 nitrogen and oxygen atoms in total. The van der Waals surface area contributed by atoms with Gasteiger partial charge in [-0.25, -0.2) is 4.79 Å². The molecule has 3 rings (SSSR count). The largest absolute Gasteiger partial charge is 0.326 e. The monoisotopic (exact) mass is 351 g/mol. The molecular formula is C20H21N3O3. The summed E-state index contributed by atoms with van der Waals surface area (Å²) in [7, 11) is 0. The molecule has 1 fully saturated rings. The first-order valence-electron chi connectivity index (χ1n) is 8.47. The van der Waals surface area contributed by atoms with Crippen LogP contribution in [0.25, 0.3) is 0 Å². The van der Waals surface area contributed by atoms with Crippen LogP contribution in [0.1, 0.15) is 29.5 Å². The summed E-state index contributed by atoms with van der Waals surface area (Å²) in [5.41, 5.74) is 2.20. The molecular weight excluding hydrogens is 330 g/mol. The van der Waals surface area contributed by atoms with Crippen LogP contribution in [0.2, 0.25) is 0 Å². The average Bonchev–Trinajstić information content (AvgIpc) is 2.92. The number of aryl methyl sites for hydroxylation is 2. The van der Waals surface area contributed by atoms with E-state index >= 15 is 0 Å². The first kappa shape index (κ1) is 17.7. The molecule has 2 aromatic rings. The van der Waals surface area contributed by atoms with E-state index in [1.54, 1.807) is 24.3 Å². The first-order valence-corrected chi connectivity index (χ1v) is 8.47. The molecule has 0 aromatic heterocycles. The van der Waals surface area contributed by atoms with Crippen LogP contribution in [-0.4, -0.2) is 17.8 Å². The third kappa shape index (κ3) is 3.44. The lowest BCUT2D eigenvalue weighted by atomic mass is 9.85. The van der Waals surface area contributed by atoms with Gasteiger partial charge in [-0.05, 0) is 43.0 Å². The molecule has 4 amide bonds. The van der Waals surface area contributed by atoms with Gasteiger partial charge in [0.05, 0.1) is 0 Å². The number of amides is 4. The fraction of sp³-hybridized carbons (Fsp3) is 0.250. The van der Waals surface area contributed by atoms with Gasteiger partial charge in [-0.3, -0.25) is 14.9 Å². The van der Waals surface area contributed by atoms with Crippen molar-refractivity contribution in [1.82, 2.24) is 10.6 Å². The molecule has 2 aromatic carbocycles. The van der Waals surface area contributed by atoms with Gasteiger partial charge in [0.25, 0.3) is 5.91 Å². The van der Waals surface area contributed by atoms with Crippen molar-refractivity contribution in [1.29, 1.82) is 0 Å². The fourth-order valence-corrected chi connectivity index (χ4v) is 3.12. The Kier molecular flexibility index (Phi) is 4.75. The molecule has 1 aliphatic rings. The molecule has 0 bridgehead atoms. The van der Waals surface area contributed by atoms with Crippen LogP contribution in [0.15, 0.2) is 48.5 Å². The maximum absolute atomic E-state index is 12.5. The van der Waals surface area contributed by atoms with E-state index in [9.17, 15) is 14.4 Å². The lowest BCUT2D eigenvalue weighted by Crippen LogP contribution is -2.44. The van der Waals surface area contributed by atoms with Gasteiger partial charge in [0.1, 0.15) is 5.54 Å². The molecule has 0 aliphatic carbocycles. The molecule has 1 unspecified atom stereocenters. The van der Waals surface area contributed by atoms with E-state index in [2.05, 4.69) is 16.0 Å². The van der Waals surface area contributed by atoms with Crippen molar-refractivity contribution >= 4 is 23.5 Å². The normalized spacial score (nSPS) is 19.0. The Hall–Kier alpha value is -3.15. The average molecular weight is 351 g/mol. The number of imide groups is 1. The van der Waals surface area contributed by atoms with Crippen molar-refractivity contribution in [3.8, 4) is 0 Å². The Morgan fingerprint density at radius 3 is 2.46 bits per heavy atom. The van der Waals surface area contributed by atoms with Gasteiger partial charge < -0.3 is 10.6 Å². The number of nitrogens with one attached hydrogen (secondary N) is 3. The second-order valence-corrected chi connectivity index (χ2v) is 6.55. The summed E-state index contributed by atoms with van der Waals surface area (Å²) >= 11 is 0. The summed E-state index contributed by atoms with van der Waals surface area (Å²) < 4.78 is 0. The number of anilines is 1. The highest BCUT2D eigenvalue weighted by atomic mass is 16.2. The smallest absolute Gasteiger partial charge is 0.322 e. The quantitative estimate of drug-likeness (QED) is 0.724. The number of rotatable bonds is 5. The van der Waals surface area contributed by atoms with E-state index in [1.165, 1.54) is 0 Å². The van der Waals surface area contributed by atoms with Crippen LogP contribution in [0.3, 0.4) is 0 Å². The topological polar surface area (TPSA) is 87.3 Å². The number of hydrogen-bond donors (Lipinski definition) is 3. The van der Waals surface area contributed by atoms with E-state index in [4.69, 9.17) is 0 Å². The Bertz CT molecular complexity index is 864. The molecule has 1 heterocycles. The lowest BCUT2D eigenvalue weighted by molar-refractivity contribution is -0.125. The molecule has 1 aliphatic heterocycles. The molecule has 26 heavy (non-hydrogen) atoms. The minimum absolute atomic E-state index is 0.0932. The van der Waals surface area contributed by atoms with E-state index < -0.39 is 17.5 Å². The van der Waals surface area contributed by atoms with Gasteiger partial charge >= 0.3 is 6.03 Å². The summed E-state index contributed by atoms with van der Waals surface area (Å²) in [6.45, 7) is 3.88. The fourth-order valence-electron chi connectivity index (χ4n) is 3.12. The van der Waals surface area contributed by atoms with Crippen LogP contribution in [-0.2, 0) is 15.1 Å². The second-order valence-electron chi connectivity index (χ2n) is 6.55. The number of urea groups is 1. The van der Waals surface area contributed by atoms with Gasteiger partial charge in [-0.15, -0.1) is 0 Å². The highest BCUT2D eigenvalue weighted by molar-refractivity contribution is 6.07. The molecule has 0 saturated carbocycles. The van der Waals surface area contributed by atoms with E-state index in [-0.39, 0.29) is 18.7 Å². The van der Waals surface area contributed by atoms with E-state index in [0.29, 0.717) is 5.56 Å². The Balaban J connectivity index is 1.77. The highest BCUT2D eigenvalue weighted by Gasteiger charge is 2.47. The Labute approximate surface area is 152 Å². The van der Waals surface area contributed by atoms with Crippen LogP contribution < -0.4 is 16.0 Å². The predicted molar refractivity (Wildman–Crippen MR) is 98.6 cm³/mol. The molecule has 0 spiro atoms. The molecule has 6 heteroatoms. The standard InChI is InChI=1S/C20H21N3O3/c1-13-8-9-14(2)16(12-13)21-17(24)10-11-20(15-6-4-3-5-7-15)18(25)22-19(26)23-20/h3-9,12H,10-11H2,1-2H3,(H,21,24)(H2,22,23,25,26). The van der Waals surface area contributed by atoms with Gasteiger partial charge in [-0.1, -0.05) is 42.5 Å². The molecule has 1 saturated heterocycles. The Morgan fingerprint density at radius 1 is 1.08 bits per heavy atom. The number of hydrogen-bond acceptors (Lipinski definition) is 3. The van der Waals surface area contributed by atoms with Crippen molar-refractivity contribution < 1.29 is 14.4 Å². The molecule has 0 radical (unpaired) electrons. The zero-order chi connectivity index (χ0) is 18.7. The zero-order valence-corrected chi connectivity index (χ0v) is 14.8. The third-order valence-electron chi connectivity index (χ3n) is 4.60. The molecule has 1 atom stereocenters. The van der Waals surface area contributed by atoms with Crippen molar-refractivity contribution in [2.45, 2.75) is 32.2 Å². The maximum Gasteiger partial charge on any atom is 0.322 e. The number of carbonyl (C=O) groups excluding carboxylic acids is 3. The van der Waals surface area contributed by atoms with Crippen molar-refractivity contribution in [3.05, 3.63) is 65.2 Å². The van der Waals surface area contributed by atoms with Crippen LogP contribution >= 0.6 is 0 Å². The van der Waals surface area contributed by atoms with Gasteiger partial charge in [-0.2, -0.15) is 0 Å². The van der Waals surface area contributed by atoms with Crippen LogP contribution in [0, 0.1) is 13.8 Å².